The second kappa shape index (κ2) is 8.67. The zero-order valence-electron chi connectivity index (χ0n) is 16.2. The molecule has 0 spiro atoms. The standard InChI is InChI=1S/C21H22N2O3S2/c1-12(2)15-8-5-7-13(3)18(15)23-19(24)14(4)26-21(25)16-11-28-20(22-16)17-9-6-10-27-17/h5-12,14H,1-4H3,(H,23,24)/t14-/m1/s1. The first-order valence-corrected chi connectivity index (χ1v) is 10.7. The van der Waals surface area contributed by atoms with Crippen LogP contribution >= 0.6 is 22.7 Å². The summed E-state index contributed by atoms with van der Waals surface area (Å²) in [5.74, 6) is -0.701. The smallest absolute Gasteiger partial charge is 0.358 e. The Kier molecular flexibility index (Phi) is 6.26. The lowest BCUT2D eigenvalue weighted by molar-refractivity contribution is -0.123. The molecule has 5 nitrogen and oxygen atoms in total. The molecule has 1 atom stereocenters. The number of aryl methyl sites for hydroxylation is 1. The minimum absolute atomic E-state index is 0.215. The number of aromatic nitrogens is 1. The van der Waals surface area contributed by atoms with E-state index in [2.05, 4.69) is 24.1 Å². The molecule has 0 unspecified atom stereocenters. The second-order valence-electron chi connectivity index (χ2n) is 6.75. The fourth-order valence-electron chi connectivity index (χ4n) is 2.72. The van der Waals surface area contributed by atoms with Gasteiger partial charge in [0.05, 0.1) is 4.88 Å². The number of amides is 1. The van der Waals surface area contributed by atoms with E-state index in [1.807, 2.05) is 42.6 Å². The summed E-state index contributed by atoms with van der Waals surface area (Å²) in [7, 11) is 0. The summed E-state index contributed by atoms with van der Waals surface area (Å²) in [6.45, 7) is 7.65. The molecule has 0 fully saturated rings. The number of hydrogen-bond acceptors (Lipinski definition) is 6. The van der Waals surface area contributed by atoms with Gasteiger partial charge in [0.15, 0.2) is 11.8 Å². The van der Waals surface area contributed by atoms with Crippen molar-refractivity contribution in [1.29, 1.82) is 0 Å². The van der Waals surface area contributed by atoms with E-state index in [1.165, 1.54) is 11.3 Å². The first-order valence-electron chi connectivity index (χ1n) is 8.97. The molecular formula is C21H22N2O3S2. The summed E-state index contributed by atoms with van der Waals surface area (Å²) in [5, 5.41) is 7.29. The highest BCUT2D eigenvalue weighted by molar-refractivity contribution is 7.20. The van der Waals surface area contributed by atoms with Crippen LogP contribution in [-0.2, 0) is 9.53 Å². The Morgan fingerprint density at radius 2 is 1.89 bits per heavy atom. The average molecular weight is 415 g/mol. The van der Waals surface area contributed by atoms with Crippen LogP contribution in [0.5, 0.6) is 0 Å². The zero-order chi connectivity index (χ0) is 20.3. The maximum atomic E-state index is 12.6. The van der Waals surface area contributed by atoms with Gasteiger partial charge in [-0.1, -0.05) is 38.1 Å². The zero-order valence-corrected chi connectivity index (χ0v) is 17.8. The summed E-state index contributed by atoms with van der Waals surface area (Å²) in [6.07, 6.45) is -0.931. The van der Waals surface area contributed by atoms with Crippen LogP contribution in [0, 0.1) is 6.92 Å². The van der Waals surface area contributed by atoms with Gasteiger partial charge in [0.2, 0.25) is 0 Å². The molecule has 0 aliphatic heterocycles. The molecule has 1 N–H and O–H groups in total. The number of benzene rings is 1. The first kappa shape index (κ1) is 20.2. The van der Waals surface area contributed by atoms with E-state index in [-0.39, 0.29) is 17.5 Å². The molecule has 1 amide bonds. The molecule has 2 aromatic heterocycles. The van der Waals surface area contributed by atoms with E-state index in [0.29, 0.717) is 0 Å². The molecule has 1 aromatic carbocycles. The Balaban J connectivity index is 1.67. The Morgan fingerprint density at radius 1 is 1.11 bits per heavy atom. The van der Waals surface area contributed by atoms with Gasteiger partial charge in [-0.3, -0.25) is 4.79 Å². The van der Waals surface area contributed by atoms with Gasteiger partial charge >= 0.3 is 5.97 Å². The van der Waals surface area contributed by atoms with Crippen molar-refractivity contribution in [3.63, 3.8) is 0 Å². The van der Waals surface area contributed by atoms with Crippen LogP contribution in [0.1, 0.15) is 48.3 Å². The lowest BCUT2D eigenvalue weighted by Gasteiger charge is -2.18. The highest BCUT2D eigenvalue weighted by Crippen LogP contribution is 2.29. The van der Waals surface area contributed by atoms with Crippen LogP contribution in [-0.4, -0.2) is 23.0 Å². The number of thiophene rings is 1. The van der Waals surface area contributed by atoms with Gasteiger partial charge in [-0.05, 0) is 42.3 Å². The molecule has 3 rings (SSSR count). The fourth-order valence-corrected chi connectivity index (χ4v) is 4.33. The summed E-state index contributed by atoms with van der Waals surface area (Å²) in [5.41, 5.74) is 3.01. The minimum Gasteiger partial charge on any atom is -0.448 e. The van der Waals surface area contributed by atoms with Crippen LogP contribution in [0.25, 0.3) is 9.88 Å². The lowest BCUT2D eigenvalue weighted by atomic mass is 9.98. The topological polar surface area (TPSA) is 68.3 Å². The number of thiazole rings is 1. The van der Waals surface area contributed by atoms with Crippen molar-refractivity contribution in [3.8, 4) is 9.88 Å². The first-order chi connectivity index (χ1) is 13.4. The third-order valence-electron chi connectivity index (χ3n) is 4.27. The number of hydrogen-bond donors (Lipinski definition) is 1. The third-order valence-corrected chi connectivity index (χ3v) is 6.15. The van der Waals surface area contributed by atoms with E-state index < -0.39 is 12.1 Å². The largest absolute Gasteiger partial charge is 0.448 e. The molecule has 2 heterocycles. The molecule has 0 saturated carbocycles. The van der Waals surface area contributed by atoms with Gasteiger partial charge in [0, 0.05) is 11.1 Å². The number of ether oxygens (including phenoxy) is 1. The van der Waals surface area contributed by atoms with Crippen LogP contribution in [0.15, 0.2) is 41.1 Å². The highest BCUT2D eigenvalue weighted by atomic mass is 32.1. The summed E-state index contributed by atoms with van der Waals surface area (Å²) in [4.78, 5) is 30.3. The quantitative estimate of drug-likeness (QED) is 0.542. The van der Waals surface area contributed by atoms with Crippen molar-refractivity contribution in [2.45, 2.75) is 39.7 Å². The molecule has 0 saturated heterocycles. The van der Waals surface area contributed by atoms with Crippen LogP contribution < -0.4 is 5.32 Å². The second-order valence-corrected chi connectivity index (χ2v) is 8.55. The Hall–Kier alpha value is -2.51. The number of para-hydroxylation sites is 1. The molecule has 0 aliphatic rings. The lowest BCUT2D eigenvalue weighted by Crippen LogP contribution is -2.30. The molecule has 0 bridgehead atoms. The summed E-state index contributed by atoms with van der Waals surface area (Å²) >= 11 is 2.94. The van der Waals surface area contributed by atoms with Crippen LogP contribution in [0.2, 0.25) is 0 Å². The number of carbonyl (C=O) groups excluding carboxylic acids is 2. The van der Waals surface area contributed by atoms with Crippen molar-refractivity contribution < 1.29 is 14.3 Å². The van der Waals surface area contributed by atoms with Gasteiger partial charge in [0.1, 0.15) is 5.01 Å². The van der Waals surface area contributed by atoms with E-state index in [4.69, 9.17) is 4.74 Å². The highest BCUT2D eigenvalue weighted by Gasteiger charge is 2.22. The maximum Gasteiger partial charge on any atom is 0.358 e. The van der Waals surface area contributed by atoms with Gasteiger partial charge in [-0.15, -0.1) is 22.7 Å². The third kappa shape index (κ3) is 4.48. The number of anilines is 1. The van der Waals surface area contributed by atoms with Gasteiger partial charge < -0.3 is 10.1 Å². The number of carbonyl (C=O) groups is 2. The summed E-state index contributed by atoms with van der Waals surface area (Å²) < 4.78 is 5.34. The number of rotatable bonds is 6. The normalized spacial score (nSPS) is 12.0. The molecule has 146 valence electrons. The Morgan fingerprint density at radius 3 is 2.57 bits per heavy atom. The van der Waals surface area contributed by atoms with E-state index >= 15 is 0 Å². The maximum absolute atomic E-state index is 12.6. The summed E-state index contributed by atoms with van der Waals surface area (Å²) in [6, 6.07) is 9.79. The van der Waals surface area contributed by atoms with Crippen molar-refractivity contribution in [3.05, 3.63) is 57.9 Å². The van der Waals surface area contributed by atoms with Crippen LogP contribution in [0.3, 0.4) is 0 Å². The van der Waals surface area contributed by atoms with E-state index in [9.17, 15) is 9.59 Å². The van der Waals surface area contributed by atoms with Gasteiger partial charge in [-0.25, -0.2) is 9.78 Å². The van der Waals surface area contributed by atoms with Gasteiger partial charge in [0.25, 0.3) is 5.91 Å². The van der Waals surface area contributed by atoms with Crippen molar-refractivity contribution in [1.82, 2.24) is 4.98 Å². The Labute approximate surface area is 172 Å². The Bertz CT molecular complexity index is 977. The molecular weight excluding hydrogens is 392 g/mol. The molecule has 28 heavy (non-hydrogen) atoms. The predicted molar refractivity (Wildman–Crippen MR) is 114 cm³/mol. The molecule has 7 heteroatoms. The van der Waals surface area contributed by atoms with E-state index in [1.54, 1.807) is 23.6 Å². The molecule has 0 radical (unpaired) electrons. The van der Waals surface area contributed by atoms with Crippen LogP contribution in [0.4, 0.5) is 5.69 Å². The fraction of sp³-hybridized carbons (Fsp3) is 0.286. The SMILES string of the molecule is Cc1cccc(C(C)C)c1NC(=O)[C@@H](C)OC(=O)c1csc(-c2cccs2)n1. The van der Waals surface area contributed by atoms with E-state index in [0.717, 1.165) is 26.7 Å². The minimum atomic E-state index is -0.931. The van der Waals surface area contributed by atoms with Crippen molar-refractivity contribution in [2.75, 3.05) is 5.32 Å². The monoisotopic (exact) mass is 414 g/mol. The average Bonchev–Trinajstić information content (AvgIpc) is 3.34. The number of esters is 1. The van der Waals surface area contributed by atoms with Crippen molar-refractivity contribution >= 4 is 40.2 Å². The predicted octanol–water partition coefficient (Wildman–Crippen LogP) is 5.49. The number of nitrogens with one attached hydrogen (secondary N) is 1. The molecule has 0 aliphatic carbocycles. The van der Waals surface area contributed by atoms with Gasteiger partial charge in [-0.2, -0.15) is 0 Å². The van der Waals surface area contributed by atoms with Crippen molar-refractivity contribution in [2.24, 2.45) is 0 Å². The number of nitrogens with zero attached hydrogens (tertiary/aromatic N) is 1. The molecule has 3 aromatic rings.